The largest absolute Gasteiger partial charge is 0.495 e. The van der Waals surface area contributed by atoms with E-state index < -0.39 is 14.9 Å². The van der Waals surface area contributed by atoms with Gasteiger partial charge in [0.05, 0.1) is 12.0 Å². The molecule has 24 heavy (non-hydrogen) atoms. The van der Waals surface area contributed by atoms with Crippen LogP contribution in [0.4, 0.5) is 5.69 Å². The quantitative estimate of drug-likeness (QED) is 0.630. The second-order valence-electron chi connectivity index (χ2n) is 5.81. The van der Waals surface area contributed by atoms with Crippen molar-refractivity contribution in [1.82, 2.24) is 9.62 Å². The van der Waals surface area contributed by atoms with Gasteiger partial charge < -0.3 is 10.1 Å². The standard InChI is InChI=1S/C14H19N3O5S.ClH/c1-22-13-5-4-11(17(18)19)8-14(13)23(20,21)16-10-2-3-12(16)9-15-7-6-10;/h4-5,8,10,12,15H,2-3,6-7,9H2,1H3;1H. The van der Waals surface area contributed by atoms with Crippen molar-refractivity contribution in [2.24, 2.45) is 0 Å². The van der Waals surface area contributed by atoms with Gasteiger partial charge in [-0.15, -0.1) is 12.4 Å². The first-order chi connectivity index (χ1) is 10.9. The molecule has 1 aromatic rings. The number of hydrogen-bond acceptors (Lipinski definition) is 6. The number of sulfonamides is 1. The first-order valence-electron chi connectivity index (χ1n) is 7.52. The highest BCUT2D eigenvalue weighted by Gasteiger charge is 2.44. The van der Waals surface area contributed by atoms with Crippen LogP contribution in [-0.4, -0.2) is 49.9 Å². The summed E-state index contributed by atoms with van der Waals surface area (Å²) < 4.78 is 33.0. The van der Waals surface area contributed by atoms with E-state index in [-0.39, 0.29) is 40.8 Å². The van der Waals surface area contributed by atoms with Crippen LogP contribution in [0.2, 0.25) is 0 Å². The van der Waals surface area contributed by atoms with Gasteiger partial charge in [-0.3, -0.25) is 10.1 Å². The van der Waals surface area contributed by atoms with Crippen molar-refractivity contribution in [3.63, 3.8) is 0 Å². The molecule has 10 heteroatoms. The lowest BCUT2D eigenvalue weighted by molar-refractivity contribution is -0.385. The number of nitro groups is 1. The van der Waals surface area contributed by atoms with Crippen molar-refractivity contribution in [1.29, 1.82) is 0 Å². The summed E-state index contributed by atoms with van der Waals surface area (Å²) in [7, 11) is -2.50. The van der Waals surface area contributed by atoms with Gasteiger partial charge in [0, 0.05) is 30.8 Å². The SMILES string of the molecule is COc1ccc([N+](=O)[O-])cc1S(=O)(=O)N1C2CCNCC1CC2.Cl. The first-order valence-corrected chi connectivity index (χ1v) is 8.96. The molecule has 1 N–H and O–H groups in total. The molecule has 2 aliphatic rings. The number of hydrogen-bond donors (Lipinski definition) is 1. The average Bonchev–Trinajstić information content (AvgIpc) is 2.80. The highest BCUT2D eigenvalue weighted by Crippen LogP contribution is 2.37. The molecule has 0 radical (unpaired) electrons. The van der Waals surface area contributed by atoms with E-state index in [2.05, 4.69) is 5.32 Å². The Morgan fingerprint density at radius 1 is 1.29 bits per heavy atom. The number of rotatable bonds is 4. The fourth-order valence-electron chi connectivity index (χ4n) is 3.42. The Balaban J connectivity index is 0.00000208. The summed E-state index contributed by atoms with van der Waals surface area (Å²) in [5, 5.41) is 14.2. The summed E-state index contributed by atoms with van der Waals surface area (Å²) in [5.74, 6) is 0.132. The molecule has 0 spiro atoms. The Bertz CT molecular complexity index is 713. The molecule has 2 fully saturated rings. The molecule has 2 aliphatic heterocycles. The van der Waals surface area contributed by atoms with Gasteiger partial charge >= 0.3 is 0 Å². The van der Waals surface area contributed by atoms with Gasteiger partial charge in [0.25, 0.3) is 5.69 Å². The number of nitrogens with zero attached hydrogens (tertiary/aromatic N) is 2. The summed E-state index contributed by atoms with van der Waals surface area (Å²) in [6, 6.07) is 3.49. The molecule has 2 atom stereocenters. The smallest absolute Gasteiger partial charge is 0.271 e. The minimum Gasteiger partial charge on any atom is -0.495 e. The number of ether oxygens (including phenoxy) is 1. The van der Waals surface area contributed by atoms with Crippen LogP contribution in [0.5, 0.6) is 5.75 Å². The minimum absolute atomic E-state index is 0. The van der Waals surface area contributed by atoms with E-state index >= 15 is 0 Å². The monoisotopic (exact) mass is 377 g/mol. The van der Waals surface area contributed by atoms with E-state index in [0.717, 1.165) is 31.9 Å². The predicted molar refractivity (Wildman–Crippen MR) is 90.2 cm³/mol. The topological polar surface area (TPSA) is 102 Å². The van der Waals surface area contributed by atoms with Crippen LogP contribution in [0, 0.1) is 10.1 Å². The molecule has 0 aromatic heterocycles. The number of halogens is 1. The molecule has 2 unspecified atom stereocenters. The zero-order chi connectivity index (χ0) is 16.6. The van der Waals surface area contributed by atoms with Crippen molar-refractivity contribution >= 4 is 28.1 Å². The lowest BCUT2D eigenvalue weighted by Crippen LogP contribution is -2.42. The van der Waals surface area contributed by atoms with Crippen LogP contribution in [-0.2, 0) is 10.0 Å². The number of non-ortho nitro benzene ring substituents is 1. The second kappa shape index (κ2) is 7.22. The van der Waals surface area contributed by atoms with Crippen molar-refractivity contribution in [2.45, 2.75) is 36.2 Å². The van der Waals surface area contributed by atoms with Gasteiger partial charge in [0.2, 0.25) is 10.0 Å². The zero-order valence-electron chi connectivity index (χ0n) is 13.2. The van der Waals surface area contributed by atoms with Crippen LogP contribution in [0.3, 0.4) is 0 Å². The number of methoxy groups -OCH3 is 1. The lowest BCUT2D eigenvalue weighted by atomic mass is 10.1. The van der Waals surface area contributed by atoms with Gasteiger partial charge in [0.1, 0.15) is 10.6 Å². The fourth-order valence-corrected chi connectivity index (χ4v) is 5.50. The Morgan fingerprint density at radius 3 is 2.67 bits per heavy atom. The molecule has 8 nitrogen and oxygen atoms in total. The molecule has 0 aliphatic carbocycles. The van der Waals surface area contributed by atoms with Crippen LogP contribution >= 0.6 is 12.4 Å². The van der Waals surface area contributed by atoms with Crippen LogP contribution < -0.4 is 10.1 Å². The molecule has 2 heterocycles. The molecule has 2 bridgehead atoms. The van der Waals surface area contributed by atoms with E-state index in [1.807, 2.05) is 0 Å². The van der Waals surface area contributed by atoms with Crippen molar-refractivity contribution in [3.8, 4) is 5.75 Å². The van der Waals surface area contributed by atoms with Gasteiger partial charge in [-0.25, -0.2) is 8.42 Å². The van der Waals surface area contributed by atoms with E-state index in [0.29, 0.717) is 6.54 Å². The fraction of sp³-hybridized carbons (Fsp3) is 0.571. The van der Waals surface area contributed by atoms with Crippen molar-refractivity contribution in [3.05, 3.63) is 28.3 Å². The van der Waals surface area contributed by atoms with E-state index in [1.54, 1.807) is 0 Å². The van der Waals surface area contributed by atoms with E-state index in [4.69, 9.17) is 4.74 Å². The number of benzene rings is 1. The Kier molecular flexibility index (Phi) is 5.69. The van der Waals surface area contributed by atoms with Crippen molar-refractivity contribution in [2.75, 3.05) is 20.2 Å². The molecule has 1 aromatic carbocycles. The number of fused-ring (bicyclic) bond motifs is 2. The average molecular weight is 378 g/mol. The summed E-state index contributed by atoms with van der Waals surface area (Å²) in [6.07, 6.45) is 2.37. The van der Waals surface area contributed by atoms with Gasteiger partial charge in [-0.1, -0.05) is 0 Å². The van der Waals surface area contributed by atoms with E-state index in [9.17, 15) is 18.5 Å². The van der Waals surface area contributed by atoms with Crippen LogP contribution in [0.1, 0.15) is 19.3 Å². The van der Waals surface area contributed by atoms with Crippen molar-refractivity contribution < 1.29 is 18.1 Å². The maximum Gasteiger partial charge on any atom is 0.271 e. The Labute approximate surface area is 146 Å². The number of nitrogens with one attached hydrogen (secondary N) is 1. The maximum atomic E-state index is 13.2. The first kappa shape index (κ1) is 18.9. The highest BCUT2D eigenvalue weighted by molar-refractivity contribution is 7.89. The molecular formula is C14H20ClN3O5S. The summed E-state index contributed by atoms with van der Waals surface area (Å²) >= 11 is 0. The molecular weight excluding hydrogens is 358 g/mol. The maximum absolute atomic E-state index is 13.2. The van der Waals surface area contributed by atoms with Crippen LogP contribution in [0.15, 0.2) is 23.1 Å². The van der Waals surface area contributed by atoms with Crippen LogP contribution in [0.25, 0.3) is 0 Å². The zero-order valence-corrected chi connectivity index (χ0v) is 14.8. The molecule has 3 rings (SSSR count). The summed E-state index contributed by atoms with van der Waals surface area (Å²) in [5.41, 5.74) is -0.260. The van der Waals surface area contributed by atoms with Gasteiger partial charge in [-0.2, -0.15) is 4.31 Å². The third-order valence-electron chi connectivity index (χ3n) is 4.50. The molecule has 0 saturated carbocycles. The second-order valence-corrected chi connectivity index (χ2v) is 7.62. The Morgan fingerprint density at radius 2 is 2.00 bits per heavy atom. The lowest BCUT2D eigenvalue weighted by Gasteiger charge is -2.27. The Hall–Kier alpha value is -1.42. The normalized spacial score (nSPS) is 24.0. The summed E-state index contributed by atoms with van der Waals surface area (Å²) in [4.78, 5) is 10.3. The molecule has 2 saturated heterocycles. The summed E-state index contributed by atoms with van der Waals surface area (Å²) in [6.45, 7) is 1.38. The highest BCUT2D eigenvalue weighted by atomic mass is 35.5. The van der Waals surface area contributed by atoms with Gasteiger partial charge in [-0.05, 0) is 31.9 Å². The van der Waals surface area contributed by atoms with E-state index in [1.165, 1.54) is 23.5 Å². The molecule has 134 valence electrons. The molecule has 0 amide bonds. The minimum atomic E-state index is -3.86. The van der Waals surface area contributed by atoms with Gasteiger partial charge in [0.15, 0.2) is 0 Å². The number of nitro benzene ring substituents is 1. The third kappa shape index (κ3) is 3.21. The predicted octanol–water partition coefficient (Wildman–Crippen LogP) is 1.54. The third-order valence-corrected chi connectivity index (χ3v) is 6.53.